The Kier molecular flexibility index (Phi) is 32.8. The molecule has 0 rings (SSSR count). The number of aliphatic hydroxyl groups excluding tert-OH is 1. The molecule has 200 valence electrons. The predicted octanol–water partition coefficient (Wildman–Crippen LogP) is 4.73. The van der Waals surface area contributed by atoms with Gasteiger partial charge in [-0.15, -0.1) is 94.1 Å². The van der Waals surface area contributed by atoms with Crippen molar-refractivity contribution >= 4 is 113 Å². The van der Waals surface area contributed by atoms with Gasteiger partial charge in [-0.1, -0.05) is 0 Å². The fourth-order valence-electron chi connectivity index (χ4n) is 1.26. The highest BCUT2D eigenvalue weighted by Gasteiger charge is 2.01. The second-order valence-corrected chi connectivity index (χ2v) is 14.9. The first kappa shape index (κ1) is 34.9. The summed E-state index contributed by atoms with van der Waals surface area (Å²) in [5.74, 6) is 1.94. The summed E-state index contributed by atoms with van der Waals surface area (Å²) in [6, 6.07) is 0. The lowest BCUT2D eigenvalue weighted by Crippen LogP contribution is -2.23. The van der Waals surface area contributed by atoms with E-state index >= 15 is 0 Å². The Morgan fingerprint density at radius 1 is 0.824 bits per heavy atom. The first-order valence-corrected chi connectivity index (χ1v) is 18.6. The number of nitrogens with zero attached hydrogens (tertiary/aromatic N) is 2. The minimum Gasteiger partial charge on any atom is -0.438 e. The van der Waals surface area contributed by atoms with E-state index in [9.17, 15) is 4.79 Å². The SMILES string of the molecule is CN=COOCSCSCSCSCOC(=O)NCSCSCSCSCN=COOCCO. The summed E-state index contributed by atoms with van der Waals surface area (Å²) < 4.78 is 5.13. The smallest absolute Gasteiger partial charge is 0.408 e. The van der Waals surface area contributed by atoms with Crippen molar-refractivity contribution < 1.29 is 34.2 Å². The van der Waals surface area contributed by atoms with Gasteiger partial charge in [0.15, 0.2) is 0 Å². The summed E-state index contributed by atoms with van der Waals surface area (Å²) in [4.78, 5) is 37.9. The van der Waals surface area contributed by atoms with Crippen LogP contribution in [0.5, 0.6) is 0 Å². The number of rotatable bonds is 26. The molecular formula is C16H31N3O7S8. The summed E-state index contributed by atoms with van der Waals surface area (Å²) >= 11 is 13.7. The lowest BCUT2D eigenvalue weighted by Gasteiger charge is -2.07. The number of aliphatic imine (C=N–C) groups is 2. The molecule has 34 heavy (non-hydrogen) atoms. The largest absolute Gasteiger partial charge is 0.438 e. The van der Waals surface area contributed by atoms with Crippen LogP contribution in [0.25, 0.3) is 0 Å². The monoisotopic (exact) mass is 633 g/mol. The minimum absolute atomic E-state index is 0.0842. The average molecular weight is 634 g/mol. The predicted molar refractivity (Wildman–Crippen MR) is 158 cm³/mol. The Balaban J connectivity index is 3.19. The number of alkyl carbamates (subject to hydrolysis) is 1. The van der Waals surface area contributed by atoms with Crippen molar-refractivity contribution in [1.82, 2.24) is 5.32 Å². The zero-order valence-electron chi connectivity index (χ0n) is 18.7. The third kappa shape index (κ3) is 30.9. The summed E-state index contributed by atoms with van der Waals surface area (Å²) in [6.07, 6.45) is 2.10. The van der Waals surface area contributed by atoms with Crippen LogP contribution in [0.1, 0.15) is 0 Å². The van der Waals surface area contributed by atoms with E-state index in [-0.39, 0.29) is 19.3 Å². The van der Waals surface area contributed by atoms with Gasteiger partial charge in [-0.2, -0.15) is 9.78 Å². The van der Waals surface area contributed by atoms with Crippen LogP contribution in [-0.4, -0.2) is 98.4 Å². The lowest BCUT2D eigenvalue weighted by molar-refractivity contribution is -0.221. The van der Waals surface area contributed by atoms with E-state index < -0.39 is 0 Å². The van der Waals surface area contributed by atoms with Crippen LogP contribution < -0.4 is 5.32 Å². The van der Waals surface area contributed by atoms with E-state index in [1.54, 1.807) is 89.4 Å². The first-order chi connectivity index (χ1) is 16.8. The molecule has 0 aromatic heterocycles. The van der Waals surface area contributed by atoms with Crippen LogP contribution in [0.4, 0.5) is 4.79 Å². The molecular weight excluding hydrogens is 603 g/mol. The topological polar surface area (TPSA) is 120 Å². The third-order valence-corrected chi connectivity index (χ3v) is 11.7. The van der Waals surface area contributed by atoms with Gasteiger partial charge in [0.1, 0.15) is 18.5 Å². The number of nitrogens with one attached hydrogen (secondary N) is 1. The van der Waals surface area contributed by atoms with Gasteiger partial charge in [0.25, 0.3) is 0 Å². The molecule has 18 heteroatoms. The van der Waals surface area contributed by atoms with Crippen molar-refractivity contribution in [3.8, 4) is 0 Å². The van der Waals surface area contributed by atoms with Gasteiger partial charge in [0, 0.05) is 37.6 Å². The molecule has 0 fully saturated rings. The average Bonchev–Trinajstić information content (AvgIpc) is 2.84. The van der Waals surface area contributed by atoms with Crippen molar-refractivity contribution in [2.75, 3.05) is 74.4 Å². The number of ether oxygens (including phenoxy) is 1. The molecule has 0 unspecified atom stereocenters. The number of amides is 1. The summed E-state index contributed by atoms with van der Waals surface area (Å²) in [6.45, 7) is 0.0447. The Bertz CT molecular complexity index is 502. The number of thioether (sulfide) groups is 8. The number of carbonyl (C=O) groups excluding carboxylic acids is 1. The Morgan fingerprint density at radius 2 is 1.44 bits per heavy atom. The zero-order valence-corrected chi connectivity index (χ0v) is 25.2. The molecule has 0 saturated heterocycles. The fraction of sp³-hybridized carbons (Fsp3) is 0.812. The molecule has 0 heterocycles. The van der Waals surface area contributed by atoms with Crippen molar-refractivity contribution in [2.24, 2.45) is 9.98 Å². The first-order valence-electron chi connectivity index (χ1n) is 9.40. The van der Waals surface area contributed by atoms with Crippen LogP contribution in [0.3, 0.4) is 0 Å². The Labute approximate surface area is 235 Å². The van der Waals surface area contributed by atoms with E-state index in [4.69, 9.17) is 14.7 Å². The maximum absolute atomic E-state index is 11.6. The molecule has 0 spiro atoms. The highest BCUT2D eigenvalue weighted by atomic mass is 32.3. The van der Waals surface area contributed by atoms with Crippen molar-refractivity contribution in [2.45, 2.75) is 0 Å². The molecule has 0 aromatic rings. The van der Waals surface area contributed by atoms with E-state index in [0.29, 0.717) is 23.6 Å². The molecule has 10 nitrogen and oxygen atoms in total. The molecule has 0 aliphatic rings. The molecule has 0 aliphatic carbocycles. The molecule has 0 saturated carbocycles. The number of hydrogen-bond donors (Lipinski definition) is 2. The van der Waals surface area contributed by atoms with E-state index in [2.05, 4.69) is 30.0 Å². The van der Waals surface area contributed by atoms with E-state index in [1.807, 2.05) is 11.8 Å². The van der Waals surface area contributed by atoms with Crippen LogP contribution in [0, 0.1) is 0 Å². The van der Waals surface area contributed by atoms with Crippen LogP contribution in [0.2, 0.25) is 0 Å². The van der Waals surface area contributed by atoms with Crippen LogP contribution in [0.15, 0.2) is 9.98 Å². The molecule has 1 amide bonds. The fourth-order valence-corrected chi connectivity index (χ4v) is 9.50. The molecule has 2 N–H and O–H groups in total. The number of aliphatic hydroxyl groups is 1. The summed E-state index contributed by atoms with van der Waals surface area (Å²) in [7, 11) is 1.61. The number of hydrogen-bond acceptors (Lipinski definition) is 17. The van der Waals surface area contributed by atoms with Gasteiger partial charge in [0.2, 0.25) is 12.8 Å². The van der Waals surface area contributed by atoms with Gasteiger partial charge in [-0.05, 0) is 0 Å². The van der Waals surface area contributed by atoms with Gasteiger partial charge < -0.3 is 24.9 Å². The van der Waals surface area contributed by atoms with Gasteiger partial charge in [-0.3, -0.25) is 4.99 Å². The lowest BCUT2D eigenvalue weighted by atomic mass is 10.8. The van der Waals surface area contributed by atoms with Gasteiger partial charge in [0.05, 0.1) is 18.4 Å². The minimum atomic E-state index is -0.381. The van der Waals surface area contributed by atoms with Crippen molar-refractivity contribution in [1.29, 1.82) is 0 Å². The highest BCUT2D eigenvalue weighted by molar-refractivity contribution is 8.26. The molecule has 0 bridgehead atoms. The number of carbonyl (C=O) groups is 1. The second kappa shape index (κ2) is 31.9. The maximum Gasteiger partial charge on any atom is 0.408 e. The molecule has 0 radical (unpaired) electrons. The maximum atomic E-state index is 11.6. The second-order valence-electron chi connectivity index (χ2n) is 4.97. The Morgan fingerprint density at radius 3 is 2.15 bits per heavy atom. The summed E-state index contributed by atoms with van der Waals surface area (Å²) in [5, 5.41) is 16.8. The third-order valence-electron chi connectivity index (χ3n) is 2.47. The molecule has 0 aliphatic heterocycles. The quantitative estimate of drug-likeness (QED) is 0.0341. The highest BCUT2D eigenvalue weighted by Crippen LogP contribution is 2.22. The van der Waals surface area contributed by atoms with Crippen molar-refractivity contribution in [3.63, 3.8) is 0 Å². The summed E-state index contributed by atoms with van der Waals surface area (Å²) in [5.41, 5.74) is 0. The van der Waals surface area contributed by atoms with Gasteiger partial charge in [-0.25, -0.2) is 9.79 Å². The van der Waals surface area contributed by atoms with Gasteiger partial charge >= 0.3 is 6.09 Å². The van der Waals surface area contributed by atoms with Crippen molar-refractivity contribution in [3.05, 3.63) is 0 Å². The molecule has 0 aromatic carbocycles. The zero-order chi connectivity index (χ0) is 24.8. The van der Waals surface area contributed by atoms with Crippen LogP contribution >= 0.6 is 94.1 Å². The molecule has 0 atom stereocenters. The van der Waals surface area contributed by atoms with E-state index in [0.717, 1.165) is 30.5 Å². The van der Waals surface area contributed by atoms with E-state index in [1.165, 1.54) is 12.8 Å². The Hall–Kier alpha value is 0.890. The van der Waals surface area contributed by atoms with Crippen LogP contribution in [-0.2, 0) is 24.3 Å². The normalized spacial score (nSPS) is 11.4. The standard InChI is InChI=1S/C16H31N3O7S8/c1-17-4-24-26-9-30-13-34-15-33-12-29-8-22-16(21)19-7-28-11-32-14-31-10-27-6-18-5-25-23-3-2-20/h4-5,20H,2-3,6-15H2,1H3,(H,19,21).